The Morgan fingerprint density at radius 3 is 2.60 bits per heavy atom. The molecule has 25 heavy (non-hydrogen) atoms. The molecule has 2 rings (SSSR count). The van der Waals surface area contributed by atoms with Crippen LogP contribution in [0.5, 0.6) is 17.2 Å². The van der Waals surface area contributed by atoms with E-state index in [0.717, 1.165) is 15.6 Å². The van der Waals surface area contributed by atoms with Gasteiger partial charge in [-0.05, 0) is 54.4 Å². The average Bonchev–Trinajstić information content (AvgIpc) is 2.62. The predicted octanol–water partition coefficient (Wildman–Crippen LogP) is 3.30. The molecule has 2 aromatic carbocycles. The number of aryl methyl sites for hydroxylation is 1. The van der Waals surface area contributed by atoms with E-state index in [1.807, 2.05) is 19.1 Å². The predicted molar refractivity (Wildman–Crippen MR) is 99.7 cm³/mol. The molecule has 0 saturated heterocycles. The first-order valence-corrected chi connectivity index (χ1v) is 8.25. The van der Waals surface area contributed by atoms with Gasteiger partial charge >= 0.3 is 0 Å². The lowest BCUT2D eigenvalue weighted by Crippen LogP contribution is -2.24. The summed E-state index contributed by atoms with van der Waals surface area (Å²) in [6.45, 7) is 1.83. The first kappa shape index (κ1) is 18.8. The van der Waals surface area contributed by atoms with E-state index in [9.17, 15) is 4.79 Å². The van der Waals surface area contributed by atoms with Gasteiger partial charge in [0.05, 0.1) is 20.4 Å². The van der Waals surface area contributed by atoms with Crippen LogP contribution in [0.4, 0.5) is 0 Å². The molecule has 0 fully saturated rings. The fraction of sp³-hybridized carbons (Fsp3) is 0.222. The van der Waals surface area contributed by atoms with Gasteiger partial charge in [-0.1, -0.05) is 15.9 Å². The highest BCUT2D eigenvalue weighted by Crippen LogP contribution is 2.26. The number of hydrogen-bond acceptors (Lipinski definition) is 5. The lowest BCUT2D eigenvalue weighted by atomic mass is 10.2. The van der Waals surface area contributed by atoms with E-state index in [1.165, 1.54) is 6.21 Å². The molecule has 1 amide bonds. The number of amides is 1. The number of carbonyl (C=O) groups excluding carboxylic acids is 1. The summed E-state index contributed by atoms with van der Waals surface area (Å²) >= 11 is 3.41. The summed E-state index contributed by atoms with van der Waals surface area (Å²) in [4.78, 5) is 11.8. The lowest BCUT2D eigenvalue weighted by molar-refractivity contribution is -0.123. The molecular weight excluding hydrogens is 388 g/mol. The second-order valence-corrected chi connectivity index (χ2v) is 5.96. The molecule has 0 bridgehead atoms. The van der Waals surface area contributed by atoms with E-state index >= 15 is 0 Å². The Kier molecular flexibility index (Phi) is 6.82. The third-order valence-corrected chi connectivity index (χ3v) is 4.20. The molecule has 0 aliphatic rings. The van der Waals surface area contributed by atoms with Gasteiger partial charge in [-0.2, -0.15) is 5.10 Å². The zero-order valence-electron chi connectivity index (χ0n) is 14.2. The Morgan fingerprint density at radius 2 is 1.92 bits per heavy atom. The van der Waals surface area contributed by atoms with Gasteiger partial charge < -0.3 is 14.2 Å². The number of halogens is 1. The zero-order chi connectivity index (χ0) is 18.2. The number of carbonyl (C=O) groups is 1. The van der Waals surface area contributed by atoms with Crippen LogP contribution in [-0.4, -0.2) is 32.9 Å². The molecule has 0 unspecified atom stereocenters. The molecule has 1 N–H and O–H groups in total. The fourth-order valence-corrected chi connectivity index (χ4v) is 2.25. The van der Waals surface area contributed by atoms with Crippen molar-refractivity contribution < 1.29 is 19.0 Å². The molecule has 0 spiro atoms. The lowest BCUT2D eigenvalue weighted by Gasteiger charge is -2.08. The minimum atomic E-state index is -0.350. The van der Waals surface area contributed by atoms with Crippen LogP contribution in [-0.2, 0) is 4.79 Å². The number of benzene rings is 2. The van der Waals surface area contributed by atoms with Crippen LogP contribution in [0, 0.1) is 6.92 Å². The maximum atomic E-state index is 11.8. The third kappa shape index (κ3) is 5.49. The van der Waals surface area contributed by atoms with Crippen LogP contribution in [0.3, 0.4) is 0 Å². The second kappa shape index (κ2) is 9.08. The van der Waals surface area contributed by atoms with Crippen molar-refractivity contribution in [3.8, 4) is 17.2 Å². The molecule has 0 saturated carbocycles. The zero-order valence-corrected chi connectivity index (χ0v) is 15.8. The third-order valence-electron chi connectivity index (χ3n) is 3.31. The minimum Gasteiger partial charge on any atom is -0.493 e. The Balaban J connectivity index is 1.86. The minimum absolute atomic E-state index is 0.121. The summed E-state index contributed by atoms with van der Waals surface area (Å²) < 4.78 is 16.8. The van der Waals surface area contributed by atoms with Crippen LogP contribution in [0.2, 0.25) is 0 Å². The van der Waals surface area contributed by atoms with E-state index in [2.05, 4.69) is 26.5 Å². The van der Waals surface area contributed by atoms with Crippen LogP contribution >= 0.6 is 15.9 Å². The van der Waals surface area contributed by atoms with Crippen LogP contribution in [0.1, 0.15) is 11.1 Å². The molecule has 7 heteroatoms. The quantitative estimate of drug-likeness (QED) is 0.565. The van der Waals surface area contributed by atoms with Gasteiger partial charge in [-0.25, -0.2) is 5.43 Å². The normalized spacial score (nSPS) is 10.6. The second-order valence-electron chi connectivity index (χ2n) is 5.11. The first-order chi connectivity index (χ1) is 12.0. The number of nitrogens with zero attached hydrogens (tertiary/aromatic N) is 1. The molecule has 2 aromatic rings. The molecular formula is C18H19BrN2O4. The van der Waals surface area contributed by atoms with Gasteiger partial charge in [0.15, 0.2) is 18.1 Å². The van der Waals surface area contributed by atoms with Crippen molar-refractivity contribution in [2.24, 2.45) is 5.10 Å². The van der Waals surface area contributed by atoms with Gasteiger partial charge in [0.1, 0.15) is 5.75 Å². The fourth-order valence-electron chi connectivity index (χ4n) is 2.00. The molecule has 6 nitrogen and oxygen atoms in total. The number of nitrogens with one attached hydrogen (secondary N) is 1. The summed E-state index contributed by atoms with van der Waals surface area (Å²) in [5.41, 5.74) is 4.22. The van der Waals surface area contributed by atoms with Crippen molar-refractivity contribution in [1.29, 1.82) is 0 Å². The van der Waals surface area contributed by atoms with Gasteiger partial charge in [-0.15, -0.1) is 0 Å². The number of hydrogen-bond donors (Lipinski definition) is 1. The maximum absolute atomic E-state index is 11.8. The molecule has 132 valence electrons. The number of hydrazone groups is 1. The van der Waals surface area contributed by atoms with E-state index in [-0.39, 0.29) is 12.5 Å². The standard InChI is InChI=1S/C18H19BrN2O4/c1-12-8-14(5-6-15(12)19)25-11-18(22)21-20-10-13-4-7-16(23-2)17(9-13)24-3/h4-10H,11H2,1-3H3,(H,21,22)/b20-10+. The summed E-state index contributed by atoms with van der Waals surface area (Å²) in [5, 5.41) is 3.91. The molecule has 0 aliphatic carbocycles. The Hall–Kier alpha value is -2.54. The summed E-state index contributed by atoms with van der Waals surface area (Å²) in [6.07, 6.45) is 1.52. The highest BCUT2D eigenvalue weighted by atomic mass is 79.9. The number of methoxy groups -OCH3 is 2. The van der Waals surface area contributed by atoms with Crippen molar-refractivity contribution in [2.45, 2.75) is 6.92 Å². The molecule has 0 heterocycles. The van der Waals surface area contributed by atoms with Crippen molar-refractivity contribution in [3.05, 3.63) is 52.0 Å². The topological polar surface area (TPSA) is 69.2 Å². The molecule has 0 atom stereocenters. The Labute approximate surface area is 154 Å². The monoisotopic (exact) mass is 406 g/mol. The Bertz CT molecular complexity index is 778. The summed E-state index contributed by atoms with van der Waals surface area (Å²) in [5.74, 6) is 1.49. The van der Waals surface area contributed by atoms with Gasteiger partial charge in [-0.3, -0.25) is 4.79 Å². The average molecular weight is 407 g/mol. The van der Waals surface area contributed by atoms with Crippen LogP contribution < -0.4 is 19.6 Å². The number of rotatable bonds is 7. The summed E-state index contributed by atoms with van der Waals surface area (Å²) in [6, 6.07) is 10.8. The maximum Gasteiger partial charge on any atom is 0.277 e. The van der Waals surface area contributed by atoms with Crippen molar-refractivity contribution >= 4 is 28.1 Å². The highest BCUT2D eigenvalue weighted by molar-refractivity contribution is 9.10. The van der Waals surface area contributed by atoms with Gasteiger partial charge in [0.25, 0.3) is 5.91 Å². The smallest absolute Gasteiger partial charge is 0.277 e. The van der Waals surface area contributed by atoms with Crippen molar-refractivity contribution in [2.75, 3.05) is 20.8 Å². The molecule has 0 aromatic heterocycles. The number of ether oxygens (including phenoxy) is 3. The SMILES string of the molecule is COc1ccc(/C=N/NC(=O)COc2ccc(Br)c(C)c2)cc1OC. The van der Waals surface area contributed by atoms with Gasteiger partial charge in [0, 0.05) is 4.47 Å². The van der Waals surface area contributed by atoms with Crippen LogP contribution in [0.25, 0.3) is 0 Å². The van der Waals surface area contributed by atoms with Crippen LogP contribution in [0.15, 0.2) is 46.0 Å². The summed E-state index contributed by atoms with van der Waals surface area (Å²) in [7, 11) is 3.13. The highest BCUT2D eigenvalue weighted by Gasteiger charge is 2.04. The van der Waals surface area contributed by atoms with E-state index in [0.29, 0.717) is 17.2 Å². The van der Waals surface area contributed by atoms with E-state index in [4.69, 9.17) is 14.2 Å². The molecule has 0 aliphatic heterocycles. The molecule has 0 radical (unpaired) electrons. The van der Waals surface area contributed by atoms with Gasteiger partial charge in [0.2, 0.25) is 0 Å². The van der Waals surface area contributed by atoms with E-state index < -0.39 is 0 Å². The Morgan fingerprint density at radius 1 is 1.16 bits per heavy atom. The van der Waals surface area contributed by atoms with E-state index in [1.54, 1.807) is 38.5 Å². The van der Waals surface area contributed by atoms with Crippen molar-refractivity contribution in [3.63, 3.8) is 0 Å². The van der Waals surface area contributed by atoms with Crippen molar-refractivity contribution in [1.82, 2.24) is 5.43 Å². The first-order valence-electron chi connectivity index (χ1n) is 7.46. The largest absolute Gasteiger partial charge is 0.493 e.